The normalized spacial score (nSPS) is 18.3. The fourth-order valence-corrected chi connectivity index (χ4v) is 3.09. The molecule has 0 unspecified atom stereocenters. The van der Waals surface area contributed by atoms with Crippen LogP contribution in [0.2, 0.25) is 0 Å². The maximum absolute atomic E-state index is 13.0. The zero-order valence-electron chi connectivity index (χ0n) is 14.3. The Hall–Kier alpha value is -3.45. The van der Waals surface area contributed by atoms with E-state index in [4.69, 9.17) is 9.15 Å². The number of benzene rings is 2. The van der Waals surface area contributed by atoms with Crippen molar-refractivity contribution < 1.29 is 29.6 Å². The highest BCUT2D eigenvalue weighted by molar-refractivity contribution is 5.90. The van der Waals surface area contributed by atoms with E-state index in [1.54, 1.807) is 19.1 Å². The number of phenolic OH excluding ortho intramolecular Hbond substituents is 3. The molecule has 7 nitrogen and oxygen atoms in total. The summed E-state index contributed by atoms with van der Waals surface area (Å²) in [6.07, 6.45) is 4.44. The van der Waals surface area contributed by atoms with Crippen LogP contribution in [0, 0.1) is 0 Å². The van der Waals surface area contributed by atoms with Crippen LogP contribution in [0.25, 0.3) is 28.2 Å². The molecule has 0 spiro atoms. The van der Waals surface area contributed by atoms with Gasteiger partial charge < -0.3 is 29.6 Å². The Bertz CT molecular complexity index is 1160. The second kappa shape index (κ2) is 5.78. The Labute approximate surface area is 153 Å². The lowest BCUT2D eigenvalue weighted by molar-refractivity contribution is 0.0643. The van der Waals surface area contributed by atoms with Crippen molar-refractivity contribution in [2.24, 2.45) is 0 Å². The molecule has 1 aliphatic rings. The number of hydrogen-bond acceptors (Lipinski definition) is 7. The van der Waals surface area contributed by atoms with Crippen molar-refractivity contribution in [1.82, 2.24) is 0 Å². The van der Waals surface area contributed by atoms with Gasteiger partial charge in [-0.1, -0.05) is 0 Å². The van der Waals surface area contributed by atoms with Gasteiger partial charge in [0, 0.05) is 17.7 Å². The lowest BCUT2D eigenvalue weighted by atomic mass is 9.95. The number of rotatable bonds is 2. The van der Waals surface area contributed by atoms with E-state index in [2.05, 4.69) is 0 Å². The molecule has 0 amide bonds. The minimum Gasteiger partial charge on any atom is -0.508 e. The first kappa shape index (κ1) is 17.0. The maximum Gasteiger partial charge on any atom is 0.204 e. The quantitative estimate of drug-likeness (QED) is 0.549. The Balaban J connectivity index is 2.00. The molecule has 0 fully saturated rings. The van der Waals surface area contributed by atoms with Gasteiger partial charge in [-0.3, -0.25) is 4.79 Å². The van der Waals surface area contributed by atoms with Crippen molar-refractivity contribution in [2.75, 3.05) is 6.61 Å². The second-order valence-corrected chi connectivity index (χ2v) is 6.60. The third kappa shape index (κ3) is 2.60. The number of hydrogen-bond donors (Lipinski definition) is 4. The second-order valence-electron chi connectivity index (χ2n) is 6.60. The number of fused-ring (bicyclic) bond motifs is 2. The summed E-state index contributed by atoms with van der Waals surface area (Å²) in [6.45, 7) is 1.36. The summed E-state index contributed by atoms with van der Waals surface area (Å²) >= 11 is 0. The average Bonchev–Trinajstić information content (AvgIpc) is 2.62. The minimum atomic E-state index is -1.01. The van der Waals surface area contributed by atoms with Crippen LogP contribution in [0.3, 0.4) is 0 Å². The molecule has 0 saturated carbocycles. The molecule has 3 aromatic rings. The Morgan fingerprint density at radius 1 is 1.07 bits per heavy atom. The molecule has 1 aromatic heterocycles. The fraction of sp³-hybridized carbons (Fsp3) is 0.150. The van der Waals surface area contributed by atoms with E-state index in [-0.39, 0.29) is 40.4 Å². The molecule has 0 radical (unpaired) electrons. The van der Waals surface area contributed by atoms with Crippen LogP contribution < -0.4 is 10.2 Å². The fourth-order valence-electron chi connectivity index (χ4n) is 3.09. The molecule has 1 atom stereocenters. The van der Waals surface area contributed by atoms with Crippen molar-refractivity contribution in [2.45, 2.75) is 12.5 Å². The third-order valence-corrected chi connectivity index (χ3v) is 4.56. The highest BCUT2D eigenvalue weighted by atomic mass is 16.5. The van der Waals surface area contributed by atoms with Gasteiger partial charge >= 0.3 is 0 Å². The zero-order chi connectivity index (χ0) is 19.3. The molecule has 4 N–H and O–H groups in total. The molecule has 2 heterocycles. The Morgan fingerprint density at radius 2 is 1.85 bits per heavy atom. The van der Waals surface area contributed by atoms with Crippen LogP contribution in [-0.2, 0) is 0 Å². The topological polar surface area (TPSA) is 120 Å². The molecule has 0 aliphatic carbocycles. The van der Waals surface area contributed by atoms with Crippen LogP contribution in [0.4, 0.5) is 0 Å². The zero-order valence-corrected chi connectivity index (χ0v) is 14.3. The van der Waals surface area contributed by atoms with Crippen LogP contribution in [0.1, 0.15) is 12.5 Å². The van der Waals surface area contributed by atoms with Crippen LogP contribution in [-0.4, -0.2) is 32.6 Å². The minimum absolute atomic E-state index is 0.0370. The van der Waals surface area contributed by atoms with Crippen LogP contribution >= 0.6 is 0 Å². The Morgan fingerprint density at radius 3 is 2.59 bits per heavy atom. The van der Waals surface area contributed by atoms with E-state index in [0.29, 0.717) is 11.1 Å². The molecule has 27 heavy (non-hydrogen) atoms. The van der Waals surface area contributed by atoms with E-state index in [0.717, 1.165) is 6.07 Å². The molecule has 7 heteroatoms. The third-order valence-electron chi connectivity index (χ3n) is 4.56. The summed E-state index contributed by atoms with van der Waals surface area (Å²) in [6, 6.07) is 5.20. The number of phenols is 3. The summed E-state index contributed by atoms with van der Waals surface area (Å²) < 4.78 is 11.3. The number of aliphatic hydroxyl groups excluding tert-OH is 1. The standard InChI is InChI=1S/C20H16O7/c1-20(9-21)5-4-12-14(23)3-2-11(19(12)27-20)13-8-26-16-7-10(22)6-15(24)17(16)18(13)25/h2-8,21-24H,9H2,1H3/t20-/m0/s1. The summed E-state index contributed by atoms with van der Waals surface area (Å²) in [4.78, 5) is 13.0. The molecule has 2 aromatic carbocycles. The van der Waals surface area contributed by atoms with Crippen molar-refractivity contribution in [3.8, 4) is 34.1 Å². The largest absolute Gasteiger partial charge is 0.508 e. The van der Waals surface area contributed by atoms with Gasteiger partial charge in [0.15, 0.2) is 0 Å². The van der Waals surface area contributed by atoms with E-state index in [9.17, 15) is 25.2 Å². The first-order valence-electron chi connectivity index (χ1n) is 8.16. The number of ether oxygens (including phenoxy) is 1. The van der Waals surface area contributed by atoms with E-state index >= 15 is 0 Å². The molecule has 1 aliphatic heterocycles. The summed E-state index contributed by atoms with van der Waals surface area (Å²) in [5, 5.41) is 39.3. The Kier molecular flexibility index (Phi) is 3.64. The molecular weight excluding hydrogens is 352 g/mol. The highest BCUT2D eigenvalue weighted by Gasteiger charge is 2.30. The van der Waals surface area contributed by atoms with Gasteiger partial charge in [-0.15, -0.1) is 0 Å². The summed E-state index contributed by atoms with van der Waals surface area (Å²) in [5.74, 6) is -0.457. The van der Waals surface area contributed by atoms with Crippen molar-refractivity contribution in [3.05, 3.63) is 52.4 Å². The lowest BCUT2D eigenvalue weighted by Crippen LogP contribution is -2.36. The first-order chi connectivity index (χ1) is 12.8. The van der Waals surface area contributed by atoms with Crippen LogP contribution in [0.15, 0.2) is 45.8 Å². The van der Waals surface area contributed by atoms with E-state index < -0.39 is 16.8 Å². The molecular formula is C20H16O7. The highest BCUT2D eigenvalue weighted by Crippen LogP contribution is 2.43. The average molecular weight is 368 g/mol. The van der Waals surface area contributed by atoms with Gasteiger partial charge in [0.2, 0.25) is 5.43 Å². The van der Waals surface area contributed by atoms with Crippen molar-refractivity contribution in [1.29, 1.82) is 0 Å². The summed E-state index contributed by atoms with van der Waals surface area (Å²) in [7, 11) is 0. The molecule has 0 bridgehead atoms. The number of aliphatic hydroxyl groups is 1. The van der Waals surface area contributed by atoms with Gasteiger partial charge in [0.05, 0.1) is 17.7 Å². The van der Waals surface area contributed by atoms with Gasteiger partial charge in [-0.2, -0.15) is 0 Å². The van der Waals surface area contributed by atoms with Gasteiger partial charge in [-0.25, -0.2) is 0 Å². The number of aromatic hydroxyl groups is 3. The van der Waals surface area contributed by atoms with Crippen molar-refractivity contribution >= 4 is 17.0 Å². The smallest absolute Gasteiger partial charge is 0.204 e. The van der Waals surface area contributed by atoms with Gasteiger partial charge in [-0.05, 0) is 31.2 Å². The first-order valence-corrected chi connectivity index (χ1v) is 8.16. The van der Waals surface area contributed by atoms with Crippen LogP contribution in [0.5, 0.6) is 23.0 Å². The predicted molar refractivity (Wildman–Crippen MR) is 98.1 cm³/mol. The molecule has 138 valence electrons. The molecule has 0 saturated heterocycles. The van der Waals surface area contributed by atoms with E-state index in [1.165, 1.54) is 24.5 Å². The van der Waals surface area contributed by atoms with Crippen molar-refractivity contribution in [3.63, 3.8) is 0 Å². The SMILES string of the molecule is C[C@@]1(CO)C=Cc2c(O)ccc(-c3coc4cc(O)cc(O)c4c3=O)c2O1. The van der Waals surface area contributed by atoms with Gasteiger partial charge in [0.25, 0.3) is 0 Å². The van der Waals surface area contributed by atoms with E-state index in [1.807, 2.05) is 0 Å². The summed E-state index contributed by atoms with van der Waals surface area (Å²) in [5.41, 5.74) is -0.681. The van der Waals surface area contributed by atoms with Gasteiger partial charge in [0.1, 0.15) is 45.8 Å². The monoisotopic (exact) mass is 368 g/mol. The predicted octanol–water partition coefficient (Wildman–Crippen LogP) is 2.73. The maximum atomic E-state index is 13.0. The molecule has 4 rings (SSSR count). The lowest BCUT2D eigenvalue weighted by Gasteiger charge is -2.31.